The van der Waals surface area contributed by atoms with Gasteiger partial charge in [-0.3, -0.25) is 0 Å². The van der Waals surface area contributed by atoms with E-state index < -0.39 is 0 Å². The van der Waals surface area contributed by atoms with E-state index in [1.165, 1.54) is 5.56 Å². The lowest BCUT2D eigenvalue weighted by Gasteiger charge is -2.22. The fourth-order valence-corrected chi connectivity index (χ4v) is 2.96. The summed E-state index contributed by atoms with van der Waals surface area (Å²) >= 11 is 5.99. The number of nitrogens with one attached hydrogen (secondary N) is 2. The van der Waals surface area contributed by atoms with Crippen molar-refractivity contribution in [1.29, 1.82) is 0 Å². The summed E-state index contributed by atoms with van der Waals surface area (Å²) in [5.41, 5.74) is 7.95. The second kappa shape index (κ2) is 8.79. The molecule has 3 aromatic rings. The molecule has 2 unspecified atom stereocenters. The Labute approximate surface area is 164 Å². The predicted octanol–water partition coefficient (Wildman–Crippen LogP) is 4.65. The van der Waals surface area contributed by atoms with Gasteiger partial charge in [0.2, 0.25) is 11.9 Å². The summed E-state index contributed by atoms with van der Waals surface area (Å²) in [4.78, 5) is 13.0. The molecule has 3 rings (SSSR count). The van der Waals surface area contributed by atoms with Gasteiger partial charge in [-0.2, -0.15) is 15.0 Å². The zero-order valence-corrected chi connectivity index (χ0v) is 16.1. The number of benzene rings is 2. The number of halogens is 1. The molecular weight excluding hydrogens is 360 g/mol. The van der Waals surface area contributed by atoms with Crippen LogP contribution in [-0.4, -0.2) is 15.0 Å². The van der Waals surface area contributed by atoms with Crippen molar-refractivity contribution >= 4 is 29.2 Å². The minimum absolute atomic E-state index is 0.104. The van der Waals surface area contributed by atoms with Gasteiger partial charge in [0.25, 0.3) is 0 Å². The number of para-hydroxylation sites is 1. The van der Waals surface area contributed by atoms with Gasteiger partial charge in [0.15, 0.2) is 5.82 Å². The Balaban J connectivity index is 1.77. The van der Waals surface area contributed by atoms with Gasteiger partial charge < -0.3 is 16.4 Å². The number of nitrogens with zero attached hydrogens (tertiary/aromatic N) is 3. The van der Waals surface area contributed by atoms with Gasteiger partial charge in [-0.15, -0.1) is 0 Å². The van der Waals surface area contributed by atoms with Crippen molar-refractivity contribution in [3.05, 3.63) is 71.0 Å². The van der Waals surface area contributed by atoms with Crippen molar-refractivity contribution in [2.75, 3.05) is 11.1 Å². The van der Waals surface area contributed by atoms with Gasteiger partial charge in [-0.1, -0.05) is 48.9 Å². The Hall–Kier alpha value is -2.70. The Morgan fingerprint density at radius 1 is 1.00 bits per heavy atom. The zero-order valence-electron chi connectivity index (χ0n) is 15.4. The molecule has 2 atom stereocenters. The van der Waals surface area contributed by atoms with Crippen LogP contribution in [0, 0.1) is 0 Å². The van der Waals surface area contributed by atoms with Crippen molar-refractivity contribution in [2.45, 2.75) is 32.4 Å². The Kier molecular flexibility index (Phi) is 6.21. The van der Waals surface area contributed by atoms with E-state index in [1.54, 1.807) is 0 Å². The van der Waals surface area contributed by atoms with Crippen molar-refractivity contribution < 1.29 is 0 Å². The highest BCUT2D eigenvalue weighted by Crippen LogP contribution is 2.23. The molecule has 0 spiro atoms. The van der Waals surface area contributed by atoms with E-state index in [2.05, 4.69) is 32.5 Å². The number of nitrogens with two attached hydrogens (primary N) is 1. The highest BCUT2D eigenvalue weighted by Gasteiger charge is 2.17. The number of nitrogen functional groups attached to an aromatic ring is 1. The second-order valence-corrected chi connectivity index (χ2v) is 6.70. The maximum Gasteiger partial charge on any atom is 0.232 e. The highest BCUT2D eigenvalue weighted by molar-refractivity contribution is 6.30. The molecule has 140 valence electrons. The molecule has 2 aromatic carbocycles. The number of hydrogen-bond donors (Lipinski definition) is 3. The van der Waals surface area contributed by atoms with Crippen LogP contribution in [0.1, 0.15) is 43.7 Å². The fourth-order valence-electron chi connectivity index (χ4n) is 2.83. The van der Waals surface area contributed by atoms with Gasteiger partial charge >= 0.3 is 0 Å². The molecule has 0 fully saturated rings. The average Bonchev–Trinajstić information content (AvgIpc) is 2.67. The topological polar surface area (TPSA) is 88.8 Å². The first-order valence-corrected chi connectivity index (χ1v) is 9.28. The predicted molar refractivity (Wildman–Crippen MR) is 110 cm³/mol. The van der Waals surface area contributed by atoms with Crippen molar-refractivity contribution in [1.82, 2.24) is 20.3 Å². The monoisotopic (exact) mass is 382 g/mol. The molecule has 0 aliphatic rings. The highest BCUT2D eigenvalue weighted by atomic mass is 35.5. The standard InChI is InChI=1S/C20H23ClN6/c1-3-17(14-9-11-15(21)12-10-14)23-13(2)18-25-19(22)27-20(26-18)24-16-7-5-4-6-8-16/h4-13,17,23H,3H2,1-2H3,(H3,22,24,25,26,27). The third-order valence-electron chi connectivity index (χ3n) is 4.22. The molecule has 6 nitrogen and oxygen atoms in total. The summed E-state index contributed by atoms with van der Waals surface area (Å²) < 4.78 is 0. The number of aromatic nitrogens is 3. The van der Waals surface area contributed by atoms with Gasteiger partial charge in [0.1, 0.15) is 0 Å². The third-order valence-corrected chi connectivity index (χ3v) is 4.47. The van der Waals surface area contributed by atoms with Crippen LogP contribution < -0.4 is 16.4 Å². The lowest BCUT2D eigenvalue weighted by molar-refractivity contribution is 0.442. The smallest absolute Gasteiger partial charge is 0.232 e. The molecule has 7 heteroatoms. The average molecular weight is 383 g/mol. The van der Waals surface area contributed by atoms with Gasteiger partial charge in [0.05, 0.1) is 6.04 Å². The first kappa shape index (κ1) is 19.1. The molecule has 0 radical (unpaired) electrons. The molecule has 1 heterocycles. The molecule has 1 aromatic heterocycles. The van der Waals surface area contributed by atoms with E-state index in [1.807, 2.05) is 61.5 Å². The van der Waals surface area contributed by atoms with E-state index in [9.17, 15) is 0 Å². The van der Waals surface area contributed by atoms with Crippen LogP contribution in [-0.2, 0) is 0 Å². The molecule has 0 amide bonds. The summed E-state index contributed by atoms with van der Waals surface area (Å²) in [6.07, 6.45) is 0.918. The van der Waals surface area contributed by atoms with E-state index in [4.69, 9.17) is 17.3 Å². The van der Waals surface area contributed by atoms with Crippen LogP contribution in [0.5, 0.6) is 0 Å². The second-order valence-electron chi connectivity index (χ2n) is 6.27. The van der Waals surface area contributed by atoms with Crippen molar-refractivity contribution in [3.63, 3.8) is 0 Å². The lowest BCUT2D eigenvalue weighted by Crippen LogP contribution is -2.26. The normalized spacial score (nSPS) is 13.1. The molecule has 0 saturated carbocycles. The molecule has 27 heavy (non-hydrogen) atoms. The van der Waals surface area contributed by atoms with Gasteiger partial charge in [-0.25, -0.2) is 0 Å². The Morgan fingerprint density at radius 3 is 2.37 bits per heavy atom. The molecular formula is C20H23ClN6. The molecule has 4 N–H and O–H groups in total. The number of rotatable bonds is 7. The maximum atomic E-state index is 5.99. The Bertz CT molecular complexity index is 869. The van der Waals surface area contributed by atoms with Crippen LogP contribution in [0.2, 0.25) is 5.02 Å². The first-order chi connectivity index (χ1) is 13.0. The Morgan fingerprint density at radius 2 is 1.70 bits per heavy atom. The lowest BCUT2D eigenvalue weighted by atomic mass is 10.0. The van der Waals surface area contributed by atoms with Crippen molar-refractivity contribution in [2.24, 2.45) is 0 Å². The van der Waals surface area contributed by atoms with Crippen LogP contribution in [0.25, 0.3) is 0 Å². The quantitative estimate of drug-likeness (QED) is 0.551. The van der Waals surface area contributed by atoms with Gasteiger partial charge in [0, 0.05) is 16.8 Å². The zero-order chi connectivity index (χ0) is 19.2. The molecule has 0 aliphatic carbocycles. The minimum Gasteiger partial charge on any atom is -0.368 e. The summed E-state index contributed by atoms with van der Waals surface area (Å²) in [6.45, 7) is 4.14. The van der Waals surface area contributed by atoms with E-state index in [0.717, 1.165) is 17.1 Å². The summed E-state index contributed by atoms with van der Waals surface area (Å²) in [6, 6.07) is 17.6. The number of anilines is 3. The molecule has 0 saturated heterocycles. The third kappa shape index (κ3) is 5.15. The fraction of sp³-hybridized carbons (Fsp3) is 0.250. The maximum absolute atomic E-state index is 5.99. The largest absolute Gasteiger partial charge is 0.368 e. The van der Waals surface area contributed by atoms with Crippen molar-refractivity contribution in [3.8, 4) is 0 Å². The first-order valence-electron chi connectivity index (χ1n) is 8.90. The molecule has 0 bridgehead atoms. The summed E-state index contributed by atoms with van der Waals surface area (Å²) in [5, 5.41) is 7.44. The summed E-state index contributed by atoms with van der Waals surface area (Å²) in [7, 11) is 0. The minimum atomic E-state index is -0.104. The van der Waals surface area contributed by atoms with E-state index in [0.29, 0.717) is 11.8 Å². The van der Waals surface area contributed by atoms with Crippen LogP contribution in [0.15, 0.2) is 54.6 Å². The van der Waals surface area contributed by atoms with Crippen LogP contribution in [0.4, 0.5) is 17.6 Å². The molecule has 0 aliphatic heterocycles. The van der Waals surface area contributed by atoms with E-state index >= 15 is 0 Å². The number of hydrogen-bond acceptors (Lipinski definition) is 6. The SMILES string of the molecule is CCC(NC(C)c1nc(N)nc(Nc2ccccc2)n1)c1ccc(Cl)cc1. The van der Waals surface area contributed by atoms with E-state index in [-0.39, 0.29) is 18.0 Å². The van der Waals surface area contributed by atoms with Crippen LogP contribution in [0.3, 0.4) is 0 Å². The van der Waals surface area contributed by atoms with Gasteiger partial charge in [-0.05, 0) is 43.2 Å². The summed E-state index contributed by atoms with van der Waals surface area (Å²) in [5.74, 6) is 1.21. The van der Waals surface area contributed by atoms with Crippen LogP contribution >= 0.6 is 11.6 Å².